The van der Waals surface area contributed by atoms with Crippen LogP contribution >= 0.6 is 35.4 Å². The molecule has 6 heteroatoms. The van der Waals surface area contributed by atoms with Crippen LogP contribution in [0.4, 0.5) is 0 Å². The van der Waals surface area contributed by atoms with Gasteiger partial charge in [0.2, 0.25) is 0 Å². The molecule has 3 heterocycles. The first-order chi connectivity index (χ1) is 12.5. The van der Waals surface area contributed by atoms with Gasteiger partial charge in [0.05, 0.1) is 23.5 Å². The first-order valence-electron chi connectivity index (χ1n) is 8.42. The number of halogens is 2. The molecular formula is C20H14Cl2N2OS. The minimum atomic E-state index is -0.503. The number of nitrogens with one attached hydrogen (secondary N) is 1. The molecule has 0 unspecified atom stereocenters. The number of aromatic nitrogens is 1. The van der Waals surface area contributed by atoms with E-state index in [0.717, 1.165) is 11.2 Å². The van der Waals surface area contributed by atoms with Crippen LogP contribution in [-0.4, -0.2) is 26.7 Å². The maximum absolute atomic E-state index is 13.2. The summed E-state index contributed by atoms with van der Waals surface area (Å²) in [5.41, 5.74) is 4.16. The molecule has 1 saturated heterocycles. The fourth-order valence-corrected chi connectivity index (χ4v) is 5.04. The number of hydrogen-bond donors (Lipinski definition) is 1. The van der Waals surface area contributed by atoms with Crippen molar-refractivity contribution in [2.24, 2.45) is 0 Å². The van der Waals surface area contributed by atoms with Crippen molar-refractivity contribution in [1.29, 1.82) is 0 Å². The molecule has 3 aromatic rings. The quantitative estimate of drug-likeness (QED) is 0.590. The summed E-state index contributed by atoms with van der Waals surface area (Å²) in [5, 5.41) is 2.27. The van der Waals surface area contributed by atoms with E-state index in [-0.39, 0.29) is 11.8 Å². The number of rotatable bonds is 1. The van der Waals surface area contributed by atoms with Gasteiger partial charge in [-0.15, -0.1) is 0 Å². The van der Waals surface area contributed by atoms with Crippen LogP contribution < -0.4 is 0 Å². The number of H-pyrrole nitrogens is 1. The maximum Gasteiger partial charge on any atom is 0.169 e. The molecule has 1 N–H and O–H groups in total. The van der Waals surface area contributed by atoms with Gasteiger partial charge in [0, 0.05) is 33.1 Å². The molecule has 5 rings (SSSR count). The Morgan fingerprint density at radius 2 is 1.96 bits per heavy atom. The van der Waals surface area contributed by atoms with Crippen LogP contribution in [-0.2, 0) is 17.8 Å². The van der Waals surface area contributed by atoms with Gasteiger partial charge in [0.25, 0.3) is 0 Å². The minimum Gasteiger partial charge on any atom is -0.357 e. The molecule has 26 heavy (non-hydrogen) atoms. The van der Waals surface area contributed by atoms with Gasteiger partial charge in [-0.2, -0.15) is 0 Å². The third kappa shape index (κ3) is 2.26. The lowest BCUT2D eigenvalue weighted by atomic mass is 9.91. The van der Waals surface area contributed by atoms with Gasteiger partial charge in [-0.3, -0.25) is 4.79 Å². The van der Waals surface area contributed by atoms with Crippen molar-refractivity contribution in [2.45, 2.75) is 24.9 Å². The molecule has 130 valence electrons. The Balaban J connectivity index is 1.58. The molecule has 2 aromatic carbocycles. The molecule has 1 fully saturated rings. The van der Waals surface area contributed by atoms with Crippen molar-refractivity contribution >= 4 is 57.1 Å². The maximum atomic E-state index is 13.2. The lowest BCUT2D eigenvalue weighted by molar-refractivity contribution is -0.121. The number of Topliss-reactive ketones (excluding diaryl/α,β-unsaturated/α-hetero) is 1. The molecule has 0 spiro atoms. The van der Waals surface area contributed by atoms with Gasteiger partial charge in [0.15, 0.2) is 5.78 Å². The third-order valence-corrected chi connectivity index (χ3v) is 6.47. The van der Waals surface area contributed by atoms with Crippen LogP contribution in [0.1, 0.15) is 22.7 Å². The standard InChI is InChI=1S/C20H14Cl2N2OS/c21-10-5-6-14(22)13(7-10)18-19(25)17-8-12-11-3-1-2-4-15(11)23-16(12)9-24(17)20(18)26/h1-7,17-18,23H,8-9H2/t17-,18-/m0/s1. The molecule has 0 bridgehead atoms. The summed E-state index contributed by atoms with van der Waals surface area (Å²) in [6.07, 6.45) is 0.660. The SMILES string of the molecule is O=C1[C@H](c2cc(Cl)ccc2Cl)C(=S)N2Cc3[nH]c4ccccc4c3C[C@@H]12. The van der Waals surface area contributed by atoms with Crippen LogP contribution in [0.25, 0.3) is 10.9 Å². The smallest absolute Gasteiger partial charge is 0.169 e. The normalized spacial score (nSPS) is 22.0. The first kappa shape index (κ1) is 16.3. The summed E-state index contributed by atoms with van der Waals surface area (Å²) >= 11 is 18.2. The third-order valence-electron chi connectivity index (χ3n) is 5.42. The second-order valence-electron chi connectivity index (χ2n) is 6.81. The molecule has 3 nitrogen and oxygen atoms in total. The Labute approximate surface area is 165 Å². The number of thiocarbonyl (C=S) groups is 1. The van der Waals surface area contributed by atoms with E-state index >= 15 is 0 Å². The van der Waals surface area contributed by atoms with Crippen LogP contribution in [0, 0.1) is 0 Å². The summed E-state index contributed by atoms with van der Waals surface area (Å²) in [7, 11) is 0. The average molecular weight is 401 g/mol. The molecule has 2 atom stereocenters. The molecule has 0 aliphatic carbocycles. The summed E-state index contributed by atoms with van der Waals surface area (Å²) in [6.45, 7) is 0.619. The predicted octanol–water partition coefficient (Wildman–Crippen LogP) is 4.90. The van der Waals surface area contributed by atoms with E-state index < -0.39 is 5.92 Å². The number of hydrogen-bond acceptors (Lipinski definition) is 2. The molecule has 0 amide bonds. The monoisotopic (exact) mass is 400 g/mol. The Morgan fingerprint density at radius 3 is 2.81 bits per heavy atom. The summed E-state index contributed by atoms with van der Waals surface area (Å²) < 4.78 is 0. The fraction of sp³-hybridized carbons (Fsp3) is 0.200. The molecule has 2 aliphatic heterocycles. The average Bonchev–Trinajstić information content (AvgIpc) is 3.11. The zero-order valence-electron chi connectivity index (χ0n) is 13.6. The van der Waals surface area contributed by atoms with Crippen molar-refractivity contribution in [1.82, 2.24) is 9.88 Å². The number of ketones is 1. The van der Waals surface area contributed by atoms with E-state index in [9.17, 15) is 4.79 Å². The van der Waals surface area contributed by atoms with E-state index in [1.54, 1.807) is 18.2 Å². The van der Waals surface area contributed by atoms with Crippen LogP contribution in [0.5, 0.6) is 0 Å². The van der Waals surface area contributed by atoms with Gasteiger partial charge < -0.3 is 9.88 Å². The van der Waals surface area contributed by atoms with Gasteiger partial charge in [-0.1, -0.05) is 53.6 Å². The Kier molecular flexibility index (Phi) is 3.64. The van der Waals surface area contributed by atoms with Gasteiger partial charge in [-0.05, 0) is 35.4 Å². The number of carbonyl (C=O) groups is 1. The highest BCUT2D eigenvalue weighted by Crippen LogP contribution is 2.41. The molecule has 2 aliphatic rings. The second-order valence-corrected chi connectivity index (χ2v) is 8.08. The van der Waals surface area contributed by atoms with Gasteiger partial charge >= 0.3 is 0 Å². The number of para-hydroxylation sites is 1. The van der Waals surface area contributed by atoms with Gasteiger partial charge in [0.1, 0.15) is 0 Å². The van der Waals surface area contributed by atoms with Crippen molar-refractivity contribution in [3.8, 4) is 0 Å². The topological polar surface area (TPSA) is 36.1 Å². The lowest BCUT2D eigenvalue weighted by Gasteiger charge is -2.30. The number of fused-ring (bicyclic) bond motifs is 4. The fourth-order valence-electron chi connectivity index (χ4n) is 4.20. The summed E-state index contributed by atoms with van der Waals surface area (Å²) in [5.74, 6) is -0.397. The van der Waals surface area contributed by atoms with E-state index in [1.807, 2.05) is 17.0 Å². The molecule has 0 radical (unpaired) electrons. The highest BCUT2D eigenvalue weighted by molar-refractivity contribution is 7.80. The summed E-state index contributed by atoms with van der Waals surface area (Å²) in [4.78, 5) is 19.4. The van der Waals surface area contributed by atoms with E-state index in [4.69, 9.17) is 35.4 Å². The number of benzene rings is 2. The zero-order chi connectivity index (χ0) is 18.0. The van der Waals surface area contributed by atoms with Crippen LogP contribution in [0.15, 0.2) is 42.5 Å². The van der Waals surface area contributed by atoms with Crippen LogP contribution in [0.2, 0.25) is 10.0 Å². The second kappa shape index (κ2) is 5.81. The number of carbonyl (C=O) groups excluding carboxylic acids is 1. The number of nitrogens with zero attached hydrogens (tertiary/aromatic N) is 1. The van der Waals surface area contributed by atoms with E-state index in [1.165, 1.54) is 10.9 Å². The lowest BCUT2D eigenvalue weighted by Crippen LogP contribution is -2.39. The number of aromatic amines is 1. The highest BCUT2D eigenvalue weighted by atomic mass is 35.5. The Morgan fingerprint density at radius 1 is 1.15 bits per heavy atom. The van der Waals surface area contributed by atoms with Crippen molar-refractivity contribution in [3.05, 3.63) is 69.3 Å². The Hall–Kier alpha value is -1.88. The minimum absolute atomic E-state index is 0.107. The van der Waals surface area contributed by atoms with E-state index in [0.29, 0.717) is 33.6 Å². The molecule has 0 saturated carbocycles. The zero-order valence-corrected chi connectivity index (χ0v) is 16.0. The largest absolute Gasteiger partial charge is 0.357 e. The van der Waals surface area contributed by atoms with Gasteiger partial charge in [-0.25, -0.2) is 0 Å². The molecular weight excluding hydrogens is 387 g/mol. The predicted molar refractivity (Wildman–Crippen MR) is 108 cm³/mol. The van der Waals surface area contributed by atoms with Crippen molar-refractivity contribution in [3.63, 3.8) is 0 Å². The van der Waals surface area contributed by atoms with E-state index in [2.05, 4.69) is 17.1 Å². The highest BCUT2D eigenvalue weighted by Gasteiger charge is 2.48. The Bertz CT molecular complexity index is 1090. The van der Waals surface area contributed by atoms with Crippen LogP contribution in [0.3, 0.4) is 0 Å². The van der Waals surface area contributed by atoms with Crippen molar-refractivity contribution < 1.29 is 4.79 Å². The van der Waals surface area contributed by atoms with Crippen molar-refractivity contribution in [2.75, 3.05) is 0 Å². The molecule has 1 aromatic heterocycles. The first-order valence-corrected chi connectivity index (χ1v) is 9.58. The summed E-state index contributed by atoms with van der Waals surface area (Å²) in [6, 6.07) is 13.2.